The number of nitrogens with zero attached hydrogens (tertiary/aromatic N) is 1. The molecule has 2 heterocycles. The van der Waals surface area contributed by atoms with Crippen LogP contribution in [-0.2, 0) is 17.8 Å². The molecule has 1 unspecified atom stereocenters. The van der Waals surface area contributed by atoms with Gasteiger partial charge in [0.1, 0.15) is 0 Å². The minimum Gasteiger partial charge on any atom is -0.355 e. The lowest BCUT2D eigenvalue weighted by Gasteiger charge is -2.32. The predicted molar refractivity (Wildman–Crippen MR) is 109 cm³/mol. The molecular formula is C20H23BrN2O2S. The topological polar surface area (TPSA) is 49.4 Å². The van der Waals surface area contributed by atoms with Gasteiger partial charge in [0.15, 0.2) is 5.78 Å². The Hall–Kier alpha value is -1.50. The van der Waals surface area contributed by atoms with Crippen molar-refractivity contribution < 1.29 is 9.59 Å². The van der Waals surface area contributed by atoms with E-state index in [9.17, 15) is 9.59 Å². The van der Waals surface area contributed by atoms with Gasteiger partial charge >= 0.3 is 0 Å². The van der Waals surface area contributed by atoms with Gasteiger partial charge in [0.25, 0.3) is 0 Å². The van der Waals surface area contributed by atoms with Gasteiger partial charge in [-0.2, -0.15) is 0 Å². The number of thiophene rings is 1. The quantitative estimate of drug-likeness (QED) is 0.668. The van der Waals surface area contributed by atoms with Crippen LogP contribution in [0.5, 0.6) is 0 Å². The van der Waals surface area contributed by atoms with Crippen LogP contribution in [0.25, 0.3) is 0 Å². The largest absolute Gasteiger partial charge is 0.355 e. The lowest BCUT2D eigenvalue weighted by molar-refractivity contribution is -0.121. The molecular weight excluding hydrogens is 412 g/mol. The number of Topliss-reactive ketones (excluding diaryl/α,β-unsaturated/α-hetero) is 1. The number of amides is 1. The first-order chi connectivity index (χ1) is 12.5. The highest BCUT2D eigenvalue weighted by molar-refractivity contribution is 9.10. The molecule has 0 spiro atoms. The number of ketones is 1. The molecule has 0 saturated heterocycles. The van der Waals surface area contributed by atoms with E-state index in [1.54, 1.807) is 12.1 Å². The molecule has 1 aromatic heterocycles. The van der Waals surface area contributed by atoms with Crippen LogP contribution in [0.2, 0.25) is 0 Å². The van der Waals surface area contributed by atoms with Gasteiger partial charge in [0.2, 0.25) is 5.91 Å². The number of carbonyl (C=O) groups is 2. The second kappa shape index (κ2) is 8.93. The van der Waals surface area contributed by atoms with Crippen molar-refractivity contribution in [2.75, 3.05) is 13.1 Å². The molecule has 1 amide bonds. The second-order valence-electron chi connectivity index (χ2n) is 6.67. The van der Waals surface area contributed by atoms with Crippen molar-refractivity contribution in [3.63, 3.8) is 0 Å². The van der Waals surface area contributed by atoms with Gasteiger partial charge in [-0.1, -0.05) is 28.1 Å². The molecule has 1 aliphatic rings. The molecule has 0 saturated carbocycles. The summed E-state index contributed by atoms with van der Waals surface area (Å²) in [4.78, 5) is 28.1. The van der Waals surface area contributed by atoms with Crippen LogP contribution in [-0.4, -0.2) is 35.7 Å². The third-order valence-corrected chi connectivity index (χ3v) is 6.35. The van der Waals surface area contributed by atoms with Gasteiger partial charge in [-0.15, -0.1) is 11.3 Å². The highest BCUT2D eigenvalue weighted by Crippen LogP contribution is 2.25. The third-order valence-electron chi connectivity index (χ3n) is 4.80. The van der Waals surface area contributed by atoms with Crippen LogP contribution < -0.4 is 5.32 Å². The molecule has 1 aromatic carbocycles. The Labute approximate surface area is 166 Å². The molecule has 3 rings (SSSR count). The Morgan fingerprint density at radius 2 is 2.00 bits per heavy atom. The van der Waals surface area contributed by atoms with Gasteiger partial charge in [-0.3, -0.25) is 14.5 Å². The number of halogens is 1. The highest BCUT2D eigenvalue weighted by atomic mass is 79.9. The Morgan fingerprint density at radius 3 is 2.77 bits per heavy atom. The normalized spacial score (nSPS) is 15.3. The van der Waals surface area contributed by atoms with Crippen molar-refractivity contribution in [2.24, 2.45) is 0 Å². The molecule has 26 heavy (non-hydrogen) atoms. The van der Waals surface area contributed by atoms with Gasteiger partial charge < -0.3 is 5.32 Å². The fraction of sp³-hybridized carbons (Fsp3) is 0.400. The Morgan fingerprint density at radius 1 is 1.23 bits per heavy atom. The van der Waals surface area contributed by atoms with E-state index in [4.69, 9.17) is 0 Å². The number of carbonyl (C=O) groups excluding carboxylic acids is 2. The zero-order valence-corrected chi connectivity index (χ0v) is 17.2. The zero-order valence-electron chi connectivity index (χ0n) is 14.8. The maximum Gasteiger partial charge on any atom is 0.220 e. The molecule has 138 valence electrons. The standard InChI is InChI=1S/C20H23BrN2O2S/c1-14(23-10-8-19-16(13-23)9-11-26-19)12-22-20(25)7-6-18(24)15-2-4-17(21)5-3-15/h2-5,9,11,14H,6-8,10,12-13H2,1H3,(H,22,25). The van der Waals surface area contributed by atoms with Crippen molar-refractivity contribution in [1.29, 1.82) is 0 Å². The molecule has 1 N–H and O–H groups in total. The third kappa shape index (κ3) is 5.02. The van der Waals surface area contributed by atoms with Crippen molar-refractivity contribution >= 4 is 39.0 Å². The SMILES string of the molecule is CC(CNC(=O)CCC(=O)c1ccc(Br)cc1)N1CCc2sccc2C1. The summed E-state index contributed by atoms with van der Waals surface area (Å²) in [5.41, 5.74) is 2.06. The fourth-order valence-corrected chi connectivity index (χ4v) is 4.29. The van der Waals surface area contributed by atoms with Crippen LogP contribution in [0.15, 0.2) is 40.2 Å². The van der Waals surface area contributed by atoms with E-state index in [2.05, 4.69) is 44.5 Å². The van der Waals surface area contributed by atoms with E-state index in [-0.39, 0.29) is 30.6 Å². The summed E-state index contributed by atoms with van der Waals surface area (Å²) < 4.78 is 0.938. The molecule has 0 bridgehead atoms. The fourth-order valence-electron chi connectivity index (χ4n) is 3.13. The van der Waals surface area contributed by atoms with E-state index in [1.165, 1.54) is 10.4 Å². The number of nitrogens with one attached hydrogen (secondary N) is 1. The average Bonchev–Trinajstić information content (AvgIpc) is 3.12. The van der Waals surface area contributed by atoms with Crippen molar-refractivity contribution in [1.82, 2.24) is 10.2 Å². The first-order valence-corrected chi connectivity index (χ1v) is 10.5. The molecule has 2 aromatic rings. The molecule has 1 aliphatic heterocycles. The molecule has 6 heteroatoms. The average molecular weight is 435 g/mol. The number of fused-ring (bicyclic) bond motifs is 1. The van der Waals surface area contributed by atoms with E-state index in [0.717, 1.165) is 24.0 Å². The summed E-state index contributed by atoms with van der Waals surface area (Å²) in [6.07, 6.45) is 1.56. The van der Waals surface area contributed by atoms with Crippen molar-refractivity contribution in [2.45, 2.75) is 38.8 Å². The van der Waals surface area contributed by atoms with Crippen molar-refractivity contribution in [3.8, 4) is 0 Å². The predicted octanol–water partition coefficient (Wildman–Crippen LogP) is 4.04. The Balaban J connectivity index is 1.40. The maximum atomic E-state index is 12.1. The summed E-state index contributed by atoms with van der Waals surface area (Å²) in [7, 11) is 0. The van der Waals surface area contributed by atoms with Crippen molar-refractivity contribution in [3.05, 3.63) is 56.2 Å². The van der Waals surface area contributed by atoms with Crippen LogP contribution in [0, 0.1) is 0 Å². The monoisotopic (exact) mass is 434 g/mol. The summed E-state index contributed by atoms with van der Waals surface area (Å²) in [6.45, 7) is 4.75. The number of rotatable bonds is 7. The lowest BCUT2D eigenvalue weighted by Crippen LogP contribution is -2.44. The Kier molecular flexibility index (Phi) is 6.62. The van der Waals surface area contributed by atoms with Gasteiger partial charge in [0, 0.05) is 53.4 Å². The van der Waals surface area contributed by atoms with E-state index >= 15 is 0 Å². The molecule has 0 radical (unpaired) electrons. The van der Waals surface area contributed by atoms with Crippen LogP contribution in [0.4, 0.5) is 0 Å². The van der Waals surface area contributed by atoms with Gasteiger partial charge in [-0.25, -0.2) is 0 Å². The van der Waals surface area contributed by atoms with Gasteiger partial charge in [-0.05, 0) is 42.5 Å². The zero-order chi connectivity index (χ0) is 18.5. The van der Waals surface area contributed by atoms with Crippen LogP contribution in [0.1, 0.15) is 40.6 Å². The minimum absolute atomic E-state index is 0.00159. The highest BCUT2D eigenvalue weighted by Gasteiger charge is 2.21. The number of benzene rings is 1. The summed E-state index contributed by atoms with van der Waals surface area (Å²) >= 11 is 5.19. The van der Waals surface area contributed by atoms with Crippen LogP contribution in [0.3, 0.4) is 0 Å². The molecule has 0 aliphatic carbocycles. The molecule has 0 fully saturated rings. The smallest absolute Gasteiger partial charge is 0.220 e. The molecule has 1 atom stereocenters. The van der Waals surface area contributed by atoms with Crippen LogP contribution >= 0.6 is 27.3 Å². The lowest BCUT2D eigenvalue weighted by atomic mass is 10.1. The first kappa shape index (κ1) is 19.3. The first-order valence-electron chi connectivity index (χ1n) is 8.87. The summed E-state index contributed by atoms with van der Waals surface area (Å²) in [5, 5.41) is 5.13. The minimum atomic E-state index is -0.0597. The Bertz CT molecular complexity index is 772. The van der Waals surface area contributed by atoms with E-state index in [1.807, 2.05) is 23.5 Å². The van der Waals surface area contributed by atoms with E-state index in [0.29, 0.717) is 12.1 Å². The summed E-state index contributed by atoms with van der Waals surface area (Å²) in [6, 6.07) is 9.72. The second-order valence-corrected chi connectivity index (χ2v) is 8.59. The number of hydrogen-bond donors (Lipinski definition) is 1. The maximum absolute atomic E-state index is 12.1. The number of hydrogen-bond acceptors (Lipinski definition) is 4. The van der Waals surface area contributed by atoms with Gasteiger partial charge in [0.05, 0.1) is 0 Å². The van der Waals surface area contributed by atoms with E-state index < -0.39 is 0 Å². The summed E-state index contributed by atoms with van der Waals surface area (Å²) in [5.74, 6) is -0.0581. The molecule has 4 nitrogen and oxygen atoms in total.